The molecule has 0 fully saturated rings. The van der Waals surface area contributed by atoms with Gasteiger partial charge in [0.1, 0.15) is 0 Å². The van der Waals surface area contributed by atoms with Crippen molar-refractivity contribution in [2.75, 3.05) is 20.8 Å². The molecule has 4 heteroatoms. The van der Waals surface area contributed by atoms with Gasteiger partial charge < -0.3 is 14.8 Å². The van der Waals surface area contributed by atoms with E-state index in [2.05, 4.69) is 34.2 Å². The Bertz CT molecular complexity index is 369. The molecule has 1 aromatic rings. The molecule has 1 N–H and O–H groups in total. The van der Waals surface area contributed by atoms with E-state index in [1.165, 1.54) is 19.3 Å². The van der Waals surface area contributed by atoms with E-state index in [1.807, 2.05) is 6.07 Å². The van der Waals surface area contributed by atoms with Crippen LogP contribution >= 0.6 is 15.9 Å². The van der Waals surface area contributed by atoms with Crippen LogP contribution in [0.2, 0.25) is 0 Å². The molecule has 0 aromatic heterocycles. The molecule has 0 unspecified atom stereocenters. The van der Waals surface area contributed by atoms with Crippen LogP contribution in [0.15, 0.2) is 16.6 Å². The topological polar surface area (TPSA) is 30.5 Å². The summed E-state index contributed by atoms with van der Waals surface area (Å²) >= 11 is 3.49. The van der Waals surface area contributed by atoms with E-state index in [0.717, 1.165) is 34.6 Å². The van der Waals surface area contributed by atoms with Crippen LogP contribution in [0.5, 0.6) is 11.5 Å². The normalized spacial score (nSPS) is 10.4. The zero-order chi connectivity index (χ0) is 13.4. The summed E-state index contributed by atoms with van der Waals surface area (Å²) in [5, 5.41) is 3.43. The largest absolute Gasteiger partial charge is 0.493 e. The maximum atomic E-state index is 5.41. The van der Waals surface area contributed by atoms with Crippen molar-refractivity contribution in [2.24, 2.45) is 0 Å². The predicted molar refractivity (Wildman–Crippen MR) is 78.5 cm³/mol. The molecule has 102 valence electrons. The Morgan fingerprint density at radius 3 is 2.56 bits per heavy atom. The Morgan fingerprint density at radius 1 is 1.17 bits per heavy atom. The van der Waals surface area contributed by atoms with E-state index in [4.69, 9.17) is 9.47 Å². The Morgan fingerprint density at radius 2 is 1.94 bits per heavy atom. The molecule has 0 bridgehead atoms. The molecule has 0 saturated heterocycles. The lowest BCUT2D eigenvalue weighted by molar-refractivity contribution is 0.350. The molecule has 0 aliphatic rings. The van der Waals surface area contributed by atoms with Gasteiger partial charge in [-0.25, -0.2) is 0 Å². The van der Waals surface area contributed by atoms with Gasteiger partial charge in [0.25, 0.3) is 0 Å². The van der Waals surface area contributed by atoms with Crippen LogP contribution in [0.4, 0.5) is 0 Å². The Kier molecular flexibility index (Phi) is 7.13. The molecule has 0 saturated carbocycles. The van der Waals surface area contributed by atoms with Crippen LogP contribution in [0.3, 0.4) is 0 Å². The molecule has 0 spiro atoms. The number of ether oxygens (including phenoxy) is 2. The summed E-state index contributed by atoms with van der Waals surface area (Å²) in [4.78, 5) is 0. The molecular weight excluding hydrogens is 294 g/mol. The molecule has 0 amide bonds. The van der Waals surface area contributed by atoms with Crippen molar-refractivity contribution in [1.29, 1.82) is 0 Å². The standard InChI is InChI=1S/C14H22BrNO2/c1-4-5-6-7-16-10-11-8-12(15)9-13(17-2)14(11)18-3/h8-9,16H,4-7,10H2,1-3H3. The fraction of sp³-hybridized carbons (Fsp3) is 0.571. The van der Waals surface area contributed by atoms with E-state index >= 15 is 0 Å². The minimum absolute atomic E-state index is 0.761. The second-order valence-electron chi connectivity index (χ2n) is 4.18. The number of hydrogen-bond acceptors (Lipinski definition) is 3. The summed E-state index contributed by atoms with van der Waals surface area (Å²) in [7, 11) is 3.33. The van der Waals surface area contributed by atoms with Gasteiger partial charge in [0.15, 0.2) is 11.5 Å². The van der Waals surface area contributed by atoms with Crippen molar-refractivity contribution in [1.82, 2.24) is 5.32 Å². The predicted octanol–water partition coefficient (Wildman–Crippen LogP) is 3.75. The maximum Gasteiger partial charge on any atom is 0.165 e. The minimum Gasteiger partial charge on any atom is -0.493 e. The van der Waals surface area contributed by atoms with E-state index in [0.29, 0.717) is 0 Å². The first kappa shape index (κ1) is 15.3. The highest BCUT2D eigenvalue weighted by Gasteiger charge is 2.11. The van der Waals surface area contributed by atoms with Crippen LogP contribution in [0.1, 0.15) is 31.7 Å². The number of rotatable bonds is 8. The van der Waals surface area contributed by atoms with Gasteiger partial charge in [-0.1, -0.05) is 35.7 Å². The molecule has 0 heterocycles. The zero-order valence-electron chi connectivity index (χ0n) is 11.4. The van der Waals surface area contributed by atoms with Gasteiger partial charge in [-0.2, -0.15) is 0 Å². The van der Waals surface area contributed by atoms with Gasteiger partial charge in [-0.3, -0.25) is 0 Å². The lowest BCUT2D eigenvalue weighted by Crippen LogP contribution is -2.15. The molecule has 1 aromatic carbocycles. The van der Waals surface area contributed by atoms with Crippen molar-refractivity contribution in [3.63, 3.8) is 0 Å². The average molecular weight is 316 g/mol. The molecule has 0 atom stereocenters. The van der Waals surface area contributed by atoms with Crippen molar-refractivity contribution >= 4 is 15.9 Å². The SMILES string of the molecule is CCCCCNCc1cc(Br)cc(OC)c1OC. The number of nitrogens with one attached hydrogen (secondary N) is 1. The highest BCUT2D eigenvalue weighted by atomic mass is 79.9. The quantitative estimate of drug-likeness (QED) is 0.741. The first-order valence-corrected chi connectivity index (χ1v) is 7.13. The van der Waals surface area contributed by atoms with E-state index in [-0.39, 0.29) is 0 Å². The molecule has 0 radical (unpaired) electrons. The van der Waals surface area contributed by atoms with Gasteiger partial charge in [0.2, 0.25) is 0 Å². The Balaban J connectivity index is 2.65. The third kappa shape index (κ3) is 4.50. The van der Waals surface area contributed by atoms with Crippen LogP contribution < -0.4 is 14.8 Å². The summed E-state index contributed by atoms with van der Waals surface area (Å²) in [6.45, 7) is 4.04. The average Bonchev–Trinajstić information content (AvgIpc) is 2.37. The molecule has 18 heavy (non-hydrogen) atoms. The summed E-state index contributed by atoms with van der Waals surface area (Å²) in [5.41, 5.74) is 1.11. The maximum absolute atomic E-state index is 5.41. The van der Waals surface area contributed by atoms with Gasteiger partial charge in [-0.15, -0.1) is 0 Å². The molecular formula is C14H22BrNO2. The number of hydrogen-bond donors (Lipinski definition) is 1. The third-order valence-electron chi connectivity index (χ3n) is 2.79. The van der Waals surface area contributed by atoms with Crippen LogP contribution in [-0.4, -0.2) is 20.8 Å². The summed E-state index contributed by atoms with van der Waals surface area (Å²) < 4.78 is 11.7. The van der Waals surface area contributed by atoms with Gasteiger partial charge in [0.05, 0.1) is 14.2 Å². The molecule has 0 aliphatic carbocycles. The second-order valence-corrected chi connectivity index (χ2v) is 5.10. The lowest BCUT2D eigenvalue weighted by atomic mass is 10.1. The van der Waals surface area contributed by atoms with E-state index < -0.39 is 0 Å². The smallest absolute Gasteiger partial charge is 0.165 e. The first-order chi connectivity index (χ1) is 8.72. The van der Waals surface area contributed by atoms with Crippen LogP contribution in [0.25, 0.3) is 0 Å². The number of halogens is 1. The highest BCUT2D eigenvalue weighted by molar-refractivity contribution is 9.10. The zero-order valence-corrected chi connectivity index (χ0v) is 13.0. The number of unbranched alkanes of at least 4 members (excludes halogenated alkanes) is 2. The van der Waals surface area contributed by atoms with Crippen LogP contribution in [0, 0.1) is 0 Å². The van der Waals surface area contributed by atoms with Gasteiger partial charge in [-0.05, 0) is 25.1 Å². The fourth-order valence-electron chi connectivity index (χ4n) is 1.86. The lowest BCUT2D eigenvalue weighted by Gasteiger charge is -2.14. The first-order valence-electron chi connectivity index (χ1n) is 6.34. The monoisotopic (exact) mass is 315 g/mol. The summed E-state index contributed by atoms with van der Waals surface area (Å²) in [6, 6.07) is 3.98. The Hall–Kier alpha value is -0.740. The van der Waals surface area contributed by atoms with Crippen LogP contribution in [-0.2, 0) is 6.54 Å². The Labute approximate surface area is 118 Å². The highest BCUT2D eigenvalue weighted by Crippen LogP contribution is 2.34. The number of methoxy groups -OCH3 is 2. The van der Waals surface area contributed by atoms with Gasteiger partial charge in [0, 0.05) is 16.6 Å². The number of benzene rings is 1. The summed E-state index contributed by atoms with van der Waals surface area (Å²) in [6.07, 6.45) is 3.73. The van der Waals surface area contributed by atoms with Crippen molar-refractivity contribution in [3.05, 3.63) is 22.2 Å². The molecule has 3 nitrogen and oxygen atoms in total. The van der Waals surface area contributed by atoms with Gasteiger partial charge >= 0.3 is 0 Å². The van der Waals surface area contributed by atoms with E-state index in [9.17, 15) is 0 Å². The molecule has 1 rings (SSSR count). The minimum atomic E-state index is 0.761. The second kappa shape index (κ2) is 8.38. The summed E-state index contributed by atoms with van der Waals surface area (Å²) in [5.74, 6) is 1.57. The molecule has 0 aliphatic heterocycles. The fourth-order valence-corrected chi connectivity index (χ4v) is 2.34. The third-order valence-corrected chi connectivity index (χ3v) is 3.25. The van der Waals surface area contributed by atoms with Crippen molar-refractivity contribution in [3.8, 4) is 11.5 Å². The van der Waals surface area contributed by atoms with Crippen molar-refractivity contribution < 1.29 is 9.47 Å². The van der Waals surface area contributed by atoms with E-state index in [1.54, 1.807) is 14.2 Å². The van der Waals surface area contributed by atoms with Crippen molar-refractivity contribution in [2.45, 2.75) is 32.7 Å².